The summed E-state index contributed by atoms with van der Waals surface area (Å²) < 4.78 is 33.0. The van der Waals surface area contributed by atoms with Crippen molar-refractivity contribution in [3.05, 3.63) is 35.4 Å². The molecule has 1 aromatic rings. The van der Waals surface area contributed by atoms with Gasteiger partial charge < -0.3 is 4.74 Å². The fourth-order valence-corrected chi connectivity index (χ4v) is 8.71. The van der Waals surface area contributed by atoms with E-state index in [0.29, 0.717) is 25.5 Å². The van der Waals surface area contributed by atoms with Crippen molar-refractivity contribution in [1.82, 2.24) is 4.31 Å². The molecule has 2 heterocycles. The molecule has 4 aliphatic rings. The van der Waals surface area contributed by atoms with Crippen LogP contribution in [-0.4, -0.2) is 37.0 Å². The van der Waals surface area contributed by atoms with Gasteiger partial charge in [-0.1, -0.05) is 26.0 Å². The molecule has 144 valence electrons. The minimum absolute atomic E-state index is 0.0267. The molecule has 2 aliphatic carbocycles. The predicted octanol–water partition coefficient (Wildman–Crippen LogP) is 3.00. The molecule has 2 saturated carbocycles. The van der Waals surface area contributed by atoms with Crippen LogP contribution in [0, 0.1) is 16.7 Å². The van der Waals surface area contributed by atoms with E-state index in [0.717, 1.165) is 40.4 Å². The minimum atomic E-state index is -3.58. The molecule has 0 N–H and O–H groups in total. The van der Waals surface area contributed by atoms with E-state index in [1.165, 1.54) is 6.08 Å². The predicted molar refractivity (Wildman–Crippen MR) is 103 cm³/mol. The molecule has 1 aromatic carbocycles. The van der Waals surface area contributed by atoms with Crippen molar-refractivity contribution in [3.63, 3.8) is 0 Å². The van der Waals surface area contributed by atoms with Crippen LogP contribution in [0.5, 0.6) is 5.75 Å². The summed E-state index contributed by atoms with van der Waals surface area (Å²) in [5, 5.41) is -0.398. The highest BCUT2D eigenvalue weighted by Crippen LogP contribution is 2.70. The Labute approximate surface area is 160 Å². The first-order chi connectivity index (χ1) is 12.8. The van der Waals surface area contributed by atoms with E-state index < -0.39 is 21.2 Å². The van der Waals surface area contributed by atoms with Crippen molar-refractivity contribution in [2.75, 3.05) is 13.2 Å². The summed E-state index contributed by atoms with van der Waals surface area (Å²) in [7, 11) is -3.58. The van der Waals surface area contributed by atoms with Crippen LogP contribution in [0.4, 0.5) is 0 Å². The third-order valence-corrected chi connectivity index (χ3v) is 10.2. The molecule has 2 aliphatic heterocycles. The second kappa shape index (κ2) is 5.37. The van der Waals surface area contributed by atoms with Gasteiger partial charge in [-0.25, -0.2) is 12.7 Å². The van der Waals surface area contributed by atoms with E-state index in [4.69, 9.17) is 4.74 Å². The fraction of sp³-hybridized carbons (Fsp3) is 0.571. The van der Waals surface area contributed by atoms with E-state index >= 15 is 0 Å². The smallest absolute Gasteiger partial charge is 0.260 e. The van der Waals surface area contributed by atoms with Crippen LogP contribution >= 0.6 is 0 Å². The van der Waals surface area contributed by atoms with Gasteiger partial charge in [0.1, 0.15) is 5.75 Å². The van der Waals surface area contributed by atoms with E-state index in [1.54, 1.807) is 6.08 Å². The summed E-state index contributed by atoms with van der Waals surface area (Å²) >= 11 is 0. The molecule has 5 nitrogen and oxygen atoms in total. The molecule has 3 atom stereocenters. The largest absolute Gasteiger partial charge is 0.493 e. The molecule has 1 amide bonds. The molecule has 0 aromatic heterocycles. The Morgan fingerprint density at radius 2 is 2.15 bits per heavy atom. The number of ether oxygens (including phenoxy) is 1. The SMILES string of the molecule is CC1(C)C2CCC13CN(C(=O)C=Cc1cccc4c1CCO4)S(=O)(=O)C3C2. The lowest BCUT2D eigenvalue weighted by molar-refractivity contribution is -0.122. The van der Waals surface area contributed by atoms with E-state index in [1.807, 2.05) is 18.2 Å². The lowest BCUT2D eigenvalue weighted by Crippen LogP contribution is -2.39. The Morgan fingerprint density at radius 3 is 2.89 bits per heavy atom. The molecule has 1 spiro atoms. The summed E-state index contributed by atoms with van der Waals surface area (Å²) in [5.74, 6) is 0.886. The van der Waals surface area contributed by atoms with Crippen LogP contribution in [-0.2, 0) is 21.2 Å². The van der Waals surface area contributed by atoms with Crippen LogP contribution in [0.1, 0.15) is 44.2 Å². The molecule has 3 fully saturated rings. The van der Waals surface area contributed by atoms with Crippen molar-refractivity contribution < 1.29 is 17.9 Å². The van der Waals surface area contributed by atoms with Gasteiger partial charge in [-0.05, 0) is 48.3 Å². The number of benzene rings is 1. The highest BCUT2D eigenvalue weighted by atomic mass is 32.2. The molecule has 2 bridgehead atoms. The maximum Gasteiger partial charge on any atom is 0.260 e. The summed E-state index contributed by atoms with van der Waals surface area (Å²) in [6, 6.07) is 5.75. The molecule has 1 saturated heterocycles. The van der Waals surface area contributed by atoms with Gasteiger partial charge in [0.2, 0.25) is 10.0 Å². The topological polar surface area (TPSA) is 63.7 Å². The van der Waals surface area contributed by atoms with Gasteiger partial charge in [-0.3, -0.25) is 4.79 Å². The third-order valence-electron chi connectivity index (χ3n) is 7.88. The Balaban J connectivity index is 1.44. The molecule has 5 rings (SSSR count). The minimum Gasteiger partial charge on any atom is -0.493 e. The number of hydrogen-bond donors (Lipinski definition) is 0. The number of sulfonamides is 1. The van der Waals surface area contributed by atoms with Gasteiger partial charge in [0.25, 0.3) is 5.91 Å². The summed E-state index contributed by atoms with van der Waals surface area (Å²) in [6.45, 7) is 5.37. The van der Waals surface area contributed by atoms with Crippen molar-refractivity contribution >= 4 is 22.0 Å². The zero-order valence-electron chi connectivity index (χ0n) is 15.8. The number of nitrogens with zero attached hydrogens (tertiary/aromatic N) is 1. The first kappa shape index (κ1) is 17.3. The summed E-state index contributed by atoms with van der Waals surface area (Å²) in [4.78, 5) is 12.9. The summed E-state index contributed by atoms with van der Waals surface area (Å²) in [5.41, 5.74) is 1.71. The average molecular weight is 388 g/mol. The van der Waals surface area contributed by atoms with Gasteiger partial charge in [-0.15, -0.1) is 0 Å². The normalized spacial score (nSPS) is 34.7. The van der Waals surface area contributed by atoms with Crippen molar-refractivity contribution in [2.24, 2.45) is 16.7 Å². The van der Waals surface area contributed by atoms with Gasteiger partial charge in [0.15, 0.2) is 0 Å². The van der Waals surface area contributed by atoms with Crippen LogP contribution in [0.3, 0.4) is 0 Å². The van der Waals surface area contributed by atoms with E-state index in [2.05, 4.69) is 13.8 Å². The molecule has 3 unspecified atom stereocenters. The highest BCUT2D eigenvalue weighted by Gasteiger charge is 2.72. The Hall–Kier alpha value is -1.82. The zero-order chi connectivity index (χ0) is 19.0. The van der Waals surface area contributed by atoms with E-state index in [-0.39, 0.29) is 10.8 Å². The second-order valence-corrected chi connectivity index (χ2v) is 11.0. The molecular formula is C21H25NO4S. The lowest BCUT2D eigenvalue weighted by Gasteiger charge is -2.36. The van der Waals surface area contributed by atoms with Gasteiger partial charge in [0, 0.05) is 30.0 Å². The van der Waals surface area contributed by atoms with Crippen molar-refractivity contribution in [1.29, 1.82) is 0 Å². The average Bonchev–Trinajstić information content (AvgIpc) is 3.32. The number of fused-ring (bicyclic) bond motifs is 2. The van der Waals surface area contributed by atoms with Crippen LogP contribution in [0.25, 0.3) is 6.08 Å². The van der Waals surface area contributed by atoms with Gasteiger partial charge >= 0.3 is 0 Å². The second-order valence-electron chi connectivity index (χ2n) is 8.98. The zero-order valence-corrected chi connectivity index (χ0v) is 16.6. The van der Waals surface area contributed by atoms with Crippen LogP contribution in [0.2, 0.25) is 0 Å². The maximum atomic E-state index is 13.1. The molecule has 27 heavy (non-hydrogen) atoms. The number of rotatable bonds is 2. The Bertz CT molecular complexity index is 964. The maximum absolute atomic E-state index is 13.1. The first-order valence-electron chi connectivity index (χ1n) is 9.76. The molecular weight excluding hydrogens is 362 g/mol. The van der Waals surface area contributed by atoms with Crippen molar-refractivity contribution in [3.8, 4) is 5.75 Å². The van der Waals surface area contributed by atoms with Crippen LogP contribution < -0.4 is 4.74 Å². The van der Waals surface area contributed by atoms with E-state index in [9.17, 15) is 13.2 Å². The Morgan fingerprint density at radius 1 is 1.33 bits per heavy atom. The highest BCUT2D eigenvalue weighted by molar-refractivity contribution is 7.90. The van der Waals surface area contributed by atoms with Gasteiger partial charge in [0.05, 0.1) is 11.9 Å². The molecule has 0 radical (unpaired) electrons. The Kier molecular flexibility index (Phi) is 3.44. The third kappa shape index (κ3) is 2.10. The summed E-state index contributed by atoms with van der Waals surface area (Å²) in [6.07, 6.45) is 6.65. The quantitative estimate of drug-likeness (QED) is 0.732. The first-order valence-corrected chi connectivity index (χ1v) is 11.3. The monoisotopic (exact) mass is 387 g/mol. The lowest BCUT2D eigenvalue weighted by atomic mass is 9.69. The number of hydrogen-bond acceptors (Lipinski definition) is 4. The standard InChI is InChI=1S/C21H25NO4S/c1-20(2)15-8-10-21(20)13-22(27(24,25)18(21)12-15)19(23)7-6-14-4-3-5-17-16(14)9-11-26-17/h3-7,15,18H,8-13H2,1-2H3. The van der Waals surface area contributed by atoms with Crippen molar-refractivity contribution in [2.45, 2.75) is 44.8 Å². The van der Waals surface area contributed by atoms with Crippen LogP contribution in [0.15, 0.2) is 24.3 Å². The number of carbonyl (C=O) groups is 1. The fourth-order valence-electron chi connectivity index (χ4n) is 6.14. The molecule has 6 heteroatoms. The van der Waals surface area contributed by atoms with Gasteiger partial charge in [-0.2, -0.15) is 0 Å². The number of carbonyl (C=O) groups excluding carboxylic acids is 1. The number of amides is 1.